The quantitative estimate of drug-likeness (QED) is 0.855. The van der Waals surface area contributed by atoms with Gasteiger partial charge < -0.3 is 9.90 Å². The van der Waals surface area contributed by atoms with Gasteiger partial charge in [-0.25, -0.2) is 0 Å². The number of rotatable bonds is 2. The Balaban J connectivity index is 2.07. The predicted octanol–water partition coefficient (Wildman–Crippen LogP) is 3.08. The summed E-state index contributed by atoms with van der Waals surface area (Å²) in [7, 11) is 0. The van der Waals surface area contributed by atoms with E-state index in [4.69, 9.17) is 11.6 Å². The van der Waals surface area contributed by atoms with E-state index >= 15 is 0 Å². The molecule has 0 N–H and O–H groups in total. The molecule has 21 heavy (non-hydrogen) atoms. The Morgan fingerprint density at radius 2 is 1.90 bits per heavy atom. The molecule has 0 fully saturated rings. The second kappa shape index (κ2) is 5.92. The number of para-hydroxylation sites is 1. The summed E-state index contributed by atoms with van der Waals surface area (Å²) in [4.78, 5) is 16.8. The summed E-state index contributed by atoms with van der Waals surface area (Å²) >= 11 is 7.18. The minimum atomic E-state index is -1.07. The Bertz CT molecular complexity index is 712. The van der Waals surface area contributed by atoms with Gasteiger partial charge in [-0.2, -0.15) is 0 Å². The van der Waals surface area contributed by atoms with Crippen molar-refractivity contribution in [1.29, 1.82) is 0 Å². The van der Waals surface area contributed by atoms with E-state index in [0.717, 1.165) is 21.9 Å². The van der Waals surface area contributed by atoms with Crippen molar-refractivity contribution < 1.29 is 9.90 Å². The second-order valence-electron chi connectivity index (χ2n) is 4.66. The Morgan fingerprint density at radius 1 is 1.19 bits per heavy atom. The molecule has 0 aromatic heterocycles. The van der Waals surface area contributed by atoms with Gasteiger partial charge in [0.1, 0.15) is 0 Å². The number of aliphatic imine (C=N–C) groups is 1. The first-order valence-electron chi connectivity index (χ1n) is 6.43. The summed E-state index contributed by atoms with van der Waals surface area (Å²) in [6, 6.07) is 14.8. The van der Waals surface area contributed by atoms with E-state index in [-0.39, 0.29) is 0 Å². The fourth-order valence-corrected chi connectivity index (χ4v) is 3.33. The van der Waals surface area contributed by atoms with Crippen LogP contribution >= 0.6 is 23.4 Å². The number of fused-ring (bicyclic) bond motifs is 1. The van der Waals surface area contributed by atoms with E-state index < -0.39 is 11.2 Å². The number of carbonyl (C=O) groups is 1. The molecule has 0 unspecified atom stereocenters. The van der Waals surface area contributed by atoms with Crippen LogP contribution in [0.15, 0.2) is 58.4 Å². The highest BCUT2D eigenvalue weighted by Crippen LogP contribution is 2.37. The van der Waals surface area contributed by atoms with Crippen LogP contribution < -0.4 is 5.11 Å². The van der Waals surface area contributed by atoms with Crippen molar-refractivity contribution in [2.45, 2.75) is 16.6 Å². The van der Waals surface area contributed by atoms with Crippen LogP contribution in [0.3, 0.4) is 0 Å². The van der Waals surface area contributed by atoms with Gasteiger partial charge >= 0.3 is 0 Å². The standard InChI is InChI=1S/C16H12ClNO2S/c17-11-7-5-10(6-8-11)13-9-15(16(19)20)21-14-4-2-1-3-12(14)18-13/h1-8,15H,9H2,(H,19,20)/p-1/t15-/m1/s1. The molecule has 3 rings (SSSR count). The fraction of sp³-hybridized carbons (Fsp3) is 0.125. The Kier molecular flexibility index (Phi) is 3.99. The van der Waals surface area contributed by atoms with Crippen LogP contribution in [0.25, 0.3) is 0 Å². The molecule has 3 nitrogen and oxygen atoms in total. The number of carboxylic acid groups (broad SMARTS) is 1. The predicted molar refractivity (Wildman–Crippen MR) is 83.4 cm³/mol. The van der Waals surface area contributed by atoms with E-state index in [0.29, 0.717) is 11.4 Å². The van der Waals surface area contributed by atoms with Crippen LogP contribution in [0.1, 0.15) is 12.0 Å². The third-order valence-corrected chi connectivity index (χ3v) is 4.70. The van der Waals surface area contributed by atoms with Crippen molar-refractivity contribution in [2.75, 3.05) is 0 Å². The molecule has 1 aliphatic rings. The van der Waals surface area contributed by atoms with E-state index in [1.54, 1.807) is 12.1 Å². The number of halogens is 1. The minimum absolute atomic E-state index is 0.323. The molecule has 0 aliphatic carbocycles. The summed E-state index contributed by atoms with van der Waals surface area (Å²) in [5.74, 6) is -1.07. The molecule has 0 saturated heterocycles. The first-order chi connectivity index (χ1) is 10.1. The lowest BCUT2D eigenvalue weighted by Crippen LogP contribution is -2.34. The highest BCUT2D eigenvalue weighted by Gasteiger charge is 2.21. The number of benzene rings is 2. The number of carboxylic acids is 1. The molecule has 2 aromatic carbocycles. The SMILES string of the molecule is O=C([O-])[C@H]1CC(c2ccc(Cl)cc2)=Nc2ccccc2S1. The number of hydrogen-bond acceptors (Lipinski definition) is 4. The summed E-state index contributed by atoms with van der Waals surface area (Å²) in [5, 5.41) is 11.3. The summed E-state index contributed by atoms with van der Waals surface area (Å²) in [5.41, 5.74) is 2.40. The van der Waals surface area contributed by atoms with Crippen LogP contribution in [0.2, 0.25) is 5.02 Å². The number of thioether (sulfide) groups is 1. The van der Waals surface area contributed by atoms with Crippen molar-refractivity contribution in [3.05, 3.63) is 59.1 Å². The van der Waals surface area contributed by atoms with E-state index in [1.807, 2.05) is 36.4 Å². The molecule has 0 spiro atoms. The average molecular weight is 317 g/mol. The number of hydrogen-bond donors (Lipinski definition) is 0. The zero-order valence-electron chi connectivity index (χ0n) is 11.0. The zero-order valence-corrected chi connectivity index (χ0v) is 12.5. The largest absolute Gasteiger partial charge is 0.549 e. The van der Waals surface area contributed by atoms with Gasteiger partial charge in [0.05, 0.1) is 16.9 Å². The second-order valence-corrected chi connectivity index (χ2v) is 6.34. The third-order valence-electron chi connectivity index (χ3n) is 3.21. The van der Waals surface area contributed by atoms with Crippen molar-refractivity contribution in [2.24, 2.45) is 4.99 Å². The Hall–Kier alpha value is -1.78. The van der Waals surface area contributed by atoms with Crippen molar-refractivity contribution in [3.8, 4) is 0 Å². The van der Waals surface area contributed by atoms with Gasteiger partial charge in [-0.1, -0.05) is 35.9 Å². The topological polar surface area (TPSA) is 52.5 Å². The minimum Gasteiger partial charge on any atom is -0.549 e. The average Bonchev–Trinajstić information content (AvgIpc) is 2.67. The monoisotopic (exact) mass is 316 g/mol. The van der Waals surface area contributed by atoms with E-state index in [1.165, 1.54) is 11.8 Å². The molecule has 0 amide bonds. The van der Waals surface area contributed by atoms with E-state index in [9.17, 15) is 9.90 Å². The molecule has 1 atom stereocenters. The number of nitrogens with zero attached hydrogens (tertiary/aromatic N) is 1. The van der Waals surface area contributed by atoms with Crippen molar-refractivity contribution >= 4 is 40.7 Å². The first kappa shape index (κ1) is 14.2. The molecule has 0 bridgehead atoms. The van der Waals surface area contributed by atoms with E-state index in [2.05, 4.69) is 4.99 Å². The maximum atomic E-state index is 11.3. The molecule has 0 saturated carbocycles. The van der Waals surface area contributed by atoms with Crippen LogP contribution in [0.4, 0.5) is 5.69 Å². The zero-order chi connectivity index (χ0) is 14.8. The Labute approximate surface area is 131 Å². The summed E-state index contributed by atoms with van der Waals surface area (Å²) in [6.07, 6.45) is 0.323. The summed E-state index contributed by atoms with van der Waals surface area (Å²) in [6.45, 7) is 0. The molecular weight excluding hydrogens is 306 g/mol. The molecular formula is C16H11ClNO2S-. The number of carbonyl (C=O) groups excluding carboxylic acids is 1. The molecule has 0 radical (unpaired) electrons. The van der Waals surface area contributed by atoms with Crippen LogP contribution in [0, 0.1) is 0 Å². The van der Waals surface area contributed by atoms with Gasteiger partial charge in [0.15, 0.2) is 0 Å². The molecule has 5 heteroatoms. The number of aliphatic carboxylic acids is 1. The van der Waals surface area contributed by atoms with Crippen LogP contribution in [-0.4, -0.2) is 16.9 Å². The molecule has 1 aliphatic heterocycles. The lowest BCUT2D eigenvalue weighted by molar-refractivity contribution is -0.304. The van der Waals surface area contributed by atoms with Crippen molar-refractivity contribution in [1.82, 2.24) is 0 Å². The van der Waals surface area contributed by atoms with Gasteiger partial charge in [0, 0.05) is 22.1 Å². The molecule has 106 valence electrons. The maximum absolute atomic E-state index is 11.3. The lowest BCUT2D eigenvalue weighted by Gasteiger charge is -2.16. The Morgan fingerprint density at radius 3 is 2.62 bits per heavy atom. The summed E-state index contributed by atoms with van der Waals surface area (Å²) < 4.78 is 0. The smallest absolute Gasteiger partial charge is 0.0769 e. The van der Waals surface area contributed by atoms with Crippen LogP contribution in [0.5, 0.6) is 0 Å². The highest BCUT2D eigenvalue weighted by atomic mass is 35.5. The van der Waals surface area contributed by atoms with Gasteiger partial charge in [-0.15, -0.1) is 11.8 Å². The van der Waals surface area contributed by atoms with Crippen molar-refractivity contribution in [3.63, 3.8) is 0 Å². The van der Waals surface area contributed by atoms with Gasteiger partial charge in [-0.3, -0.25) is 4.99 Å². The molecule has 2 aromatic rings. The van der Waals surface area contributed by atoms with Gasteiger partial charge in [0.25, 0.3) is 0 Å². The van der Waals surface area contributed by atoms with Crippen LogP contribution in [-0.2, 0) is 4.79 Å². The molecule has 1 heterocycles. The fourth-order valence-electron chi connectivity index (χ4n) is 2.17. The third kappa shape index (κ3) is 3.12. The lowest BCUT2D eigenvalue weighted by atomic mass is 10.1. The maximum Gasteiger partial charge on any atom is 0.0769 e. The normalized spacial score (nSPS) is 17.6. The highest BCUT2D eigenvalue weighted by molar-refractivity contribution is 8.00. The first-order valence-corrected chi connectivity index (χ1v) is 7.69. The van der Waals surface area contributed by atoms with Gasteiger partial charge in [-0.05, 0) is 29.8 Å². The van der Waals surface area contributed by atoms with Gasteiger partial charge in [0.2, 0.25) is 0 Å².